The van der Waals surface area contributed by atoms with Crippen LogP contribution in [0.15, 0.2) is 24.3 Å². The zero-order valence-electron chi connectivity index (χ0n) is 17.2. The van der Waals surface area contributed by atoms with Gasteiger partial charge in [-0.2, -0.15) is 0 Å². The van der Waals surface area contributed by atoms with Crippen molar-refractivity contribution in [3.8, 4) is 0 Å². The number of hydrogen-bond donors (Lipinski definition) is 1. The van der Waals surface area contributed by atoms with Crippen LogP contribution in [-0.2, 0) is 28.6 Å². The first-order valence-corrected chi connectivity index (χ1v) is 11.3. The Labute approximate surface area is 188 Å². The summed E-state index contributed by atoms with van der Waals surface area (Å²) in [4.78, 5) is 48.8. The van der Waals surface area contributed by atoms with Gasteiger partial charge in [0.2, 0.25) is 0 Å². The van der Waals surface area contributed by atoms with Crippen LogP contribution in [0.4, 0.5) is 5.69 Å². The van der Waals surface area contributed by atoms with Crippen LogP contribution in [0.2, 0.25) is 0 Å². The summed E-state index contributed by atoms with van der Waals surface area (Å²) in [5.41, 5.74) is 0.844. The molecule has 8 nitrogen and oxygen atoms in total. The lowest BCUT2D eigenvalue weighted by Crippen LogP contribution is -2.39. The van der Waals surface area contributed by atoms with Crippen LogP contribution in [0.1, 0.15) is 30.6 Å². The predicted octanol–water partition coefficient (Wildman–Crippen LogP) is 2.55. The Kier molecular flexibility index (Phi) is 6.05. The van der Waals surface area contributed by atoms with Gasteiger partial charge in [0.05, 0.1) is 28.8 Å². The maximum Gasteiger partial charge on any atom is 0.338 e. The van der Waals surface area contributed by atoms with Crippen molar-refractivity contribution in [3.63, 3.8) is 0 Å². The Hall–Kier alpha value is -2.42. The molecule has 4 rings (SSSR count). The molecule has 3 aliphatic rings. The van der Waals surface area contributed by atoms with Gasteiger partial charge in [-0.3, -0.25) is 14.4 Å². The SMILES string of the molecule is CC(C)COC(=O)c1ccc(NC(=O)COC(=O)[C@@H]2[C@H]3C[C@H]4[C@H](OC(=O)[C@@H]42)[C@@H]3Br)cc1. The van der Waals surface area contributed by atoms with Crippen molar-refractivity contribution < 1.29 is 33.4 Å². The fourth-order valence-corrected chi connectivity index (χ4v) is 5.78. The van der Waals surface area contributed by atoms with Crippen molar-refractivity contribution in [3.05, 3.63) is 29.8 Å². The van der Waals surface area contributed by atoms with Gasteiger partial charge in [0.15, 0.2) is 6.61 Å². The first-order chi connectivity index (χ1) is 14.8. The highest BCUT2D eigenvalue weighted by molar-refractivity contribution is 9.09. The van der Waals surface area contributed by atoms with E-state index in [4.69, 9.17) is 14.2 Å². The van der Waals surface area contributed by atoms with Crippen LogP contribution >= 0.6 is 15.9 Å². The van der Waals surface area contributed by atoms with E-state index in [0.29, 0.717) is 17.9 Å². The molecule has 31 heavy (non-hydrogen) atoms. The predicted molar refractivity (Wildman–Crippen MR) is 112 cm³/mol. The van der Waals surface area contributed by atoms with E-state index < -0.39 is 36.3 Å². The molecule has 6 atom stereocenters. The molecule has 0 unspecified atom stereocenters. The van der Waals surface area contributed by atoms with E-state index in [9.17, 15) is 19.2 Å². The Morgan fingerprint density at radius 1 is 1.16 bits per heavy atom. The van der Waals surface area contributed by atoms with Gasteiger partial charge in [-0.05, 0) is 42.5 Å². The van der Waals surface area contributed by atoms with E-state index >= 15 is 0 Å². The van der Waals surface area contributed by atoms with E-state index in [1.54, 1.807) is 24.3 Å². The van der Waals surface area contributed by atoms with Crippen LogP contribution in [0, 0.1) is 29.6 Å². The highest BCUT2D eigenvalue weighted by Crippen LogP contribution is 2.60. The summed E-state index contributed by atoms with van der Waals surface area (Å²) in [6.45, 7) is 3.78. The molecule has 1 N–H and O–H groups in total. The van der Waals surface area contributed by atoms with Gasteiger partial charge < -0.3 is 19.5 Å². The third kappa shape index (κ3) is 4.20. The van der Waals surface area contributed by atoms with Crippen molar-refractivity contribution in [2.75, 3.05) is 18.5 Å². The van der Waals surface area contributed by atoms with Gasteiger partial charge in [-0.25, -0.2) is 4.79 Å². The van der Waals surface area contributed by atoms with E-state index in [1.807, 2.05) is 13.8 Å². The number of halogens is 1. The minimum Gasteiger partial charge on any atom is -0.462 e. The van der Waals surface area contributed by atoms with E-state index in [1.165, 1.54) is 0 Å². The van der Waals surface area contributed by atoms with Crippen molar-refractivity contribution in [1.29, 1.82) is 0 Å². The molecule has 1 aliphatic heterocycles. The molecule has 1 aromatic carbocycles. The molecule has 0 aromatic heterocycles. The number of carbonyl (C=O) groups excluding carboxylic acids is 4. The molecular formula is C22H24BrNO7. The number of benzene rings is 1. The van der Waals surface area contributed by atoms with Crippen LogP contribution < -0.4 is 5.32 Å². The number of ether oxygens (including phenoxy) is 3. The Morgan fingerprint density at radius 2 is 1.87 bits per heavy atom. The van der Waals surface area contributed by atoms with Gasteiger partial charge in [-0.15, -0.1) is 0 Å². The maximum atomic E-state index is 12.6. The largest absolute Gasteiger partial charge is 0.462 e. The van der Waals surface area contributed by atoms with Crippen molar-refractivity contribution >= 4 is 45.4 Å². The number of fused-ring (bicyclic) bond motifs is 1. The second-order valence-corrected chi connectivity index (χ2v) is 9.74. The van der Waals surface area contributed by atoms with Crippen molar-refractivity contribution in [2.24, 2.45) is 29.6 Å². The fraction of sp³-hybridized carbons (Fsp3) is 0.545. The van der Waals surface area contributed by atoms with E-state index in [0.717, 1.165) is 6.42 Å². The summed E-state index contributed by atoms with van der Waals surface area (Å²) in [5, 5.41) is 2.62. The molecule has 2 aliphatic carbocycles. The van der Waals surface area contributed by atoms with Gasteiger partial charge in [0.25, 0.3) is 5.91 Å². The summed E-state index contributed by atoms with van der Waals surface area (Å²) < 4.78 is 15.8. The monoisotopic (exact) mass is 493 g/mol. The quantitative estimate of drug-likeness (QED) is 0.353. The number of nitrogens with one attached hydrogen (secondary N) is 1. The summed E-state index contributed by atoms with van der Waals surface area (Å²) in [6, 6.07) is 6.26. The second-order valence-electron chi connectivity index (χ2n) is 8.69. The first kappa shape index (κ1) is 21.8. The van der Waals surface area contributed by atoms with Crippen LogP contribution in [0.5, 0.6) is 0 Å². The number of carbonyl (C=O) groups is 4. The van der Waals surface area contributed by atoms with Gasteiger partial charge in [-0.1, -0.05) is 29.8 Å². The summed E-state index contributed by atoms with van der Waals surface area (Å²) in [6.07, 6.45) is 0.579. The average molecular weight is 494 g/mol. The molecule has 9 heteroatoms. The fourth-order valence-electron chi connectivity index (χ4n) is 4.74. The number of anilines is 1. The molecule has 2 bridgehead atoms. The van der Waals surface area contributed by atoms with E-state index in [2.05, 4.69) is 21.2 Å². The standard InChI is InChI=1S/C22H24BrNO7/c1-10(2)8-29-20(26)11-3-5-12(6-4-11)24-15(25)9-30-21(27)16-13-7-14-17(16)22(28)31-19(14)18(13)23/h3-6,10,13-14,16-19H,7-9H2,1-2H3,(H,24,25)/t13-,14-,16-,17+,18-,19+/m1/s1. The molecule has 2 saturated carbocycles. The van der Waals surface area contributed by atoms with Crippen LogP contribution in [-0.4, -0.2) is 48.0 Å². The average Bonchev–Trinajstić information content (AvgIpc) is 3.35. The Bertz CT molecular complexity index is 900. The molecule has 0 spiro atoms. The zero-order chi connectivity index (χ0) is 22.3. The molecule has 1 amide bonds. The molecule has 166 valence electrons. The second kappa shape index (κ2) is 8.61. The Balaban J connectivity index is 1.27. The minimum absolute atomic E-state index is 0.0231. The molecule has 0 radical (unpaired) electrons. The first-order valence-electron chi connectivity index (χ1n) is 10.3. The Morgan fingerprint density at radius 3 is 2.55 bits per heavy atom. The molecule has 1 heterocycles. The number of alkyl halides is 1. The summed E-state index contributed by atoms with van der Waals surface area (Å²) in [5.74, 6) is -2.62. The lowest BCUT2D eigenvalue weighted by molar-refractivity contribution is -0.157. The van der Waals surface area contributed by atoms with Crippen molar-refractivity contribution in [2.45, 2.75) is 31.2 Å². The lowest BCUT2D eigenvalue weighted by Gasteiger charge is -2.26. The van der Waals surface area contributed by atoms with Crippen molar-refractivity contribution in [1.82, 2.24) is 0 Å². The minimum atomic E-state index is -0.579. The zero-order valence-corrected chi connectivity index (χ0v) is 18.8. The van der Waals surface area contributed by atoms with Gasteiger partial charge >= 0.3 is 17.9 Å². The van der Waals surface area contributed by atoms with Gasteiger partial charge in [0, 0.05) is 11.6 Å². The van der Waals surface area contributed by atoms with Gasteiger partial charge in [0.1, 0.15) is 6.10 Å². The smallest absolute Gasteiger partial charge is 0.338 e. The molecular weight excluding hydrogens is 470 g/mol. The number of esters is 3. The molecule has 3 fully saturated rings. The highest BCUT2D eigenvalue weighted by Gasteiger charge is 2.68. The third-order valence-electron chi connectivity index (χ3n) is 6.09. The summed E-state index contributed by atoms with van der Waals surface area (Å²) in [7, 11) is 0. The molecule has 1 saturated heterocycles. The highest BCUT2D eigenvalue weighted by atomic mass is 79.9. The lowest BCUT2D eigenvalue weighted by atomic mass is 9.80. The normalized spacial score (nSPS) is 30.3. The third-order valence-corrected chi connectivity index (χ3v) is 7.29. The maximum absolute atomic E-state index is 12.6. The van der Waals surface area contributed by atoms with Crippen LogP contribution in [0.3, 0.4) is 0 Å². The molecule has 1 aromatic rings. The number of rotatable bonds is 7. The topological polar surface area (TPSA) is 108 Å². The number of amides is 1. The van der Waals surface area contributed by atoms with E-state index in [-0.39, 0.29) is 34.7 Å². The number of hydrogen-bond acceptors (Lipinski definition) is 7. The van der Waals surface area contributed by atoms with Crippen LogP contribution in [0.25, 0.3) is 0 Å². The summed E-state index contributed by atoms with van der Waals surface area (Å²) >= 11 is 3.54.